The van der Waals surface area contributed by atoms with Gasteiger partial charge in [-0.15, -0.1) is 0 Å². The van der Waals surface area contributed by atoms with Crippen molar-refractivity contribution in [2.45, 2.75) is 6.92 Å². The second-order valence-electron chi connectivity index (χ2n) is 4.11. The van der Waals surface area contributed by atoms with Crippen molar-refractivity contribution in [3.8, 4) is 11.8 Å². The summed E-state index contributed by atoms with van der Waals surface area (Å²) in [7, 11) is 0. The molecule has 0 spiro atoms. The normalized spacial score (nSPS) is 18.7. The minimum Gasteiger partial charge on any atom is -0.370 e. The Hall–Kier alpha value is -1.04. The van der Waals surface area contributed by atoms with Crippen LogP contribution in [0.25, 0.3) is 0 Å². The van der Waals surface area contributed by atoms with Crippen LogP contribution in [0.15, 0.2) is 24.8 Å². The second kappa shape index (κ2) is 5.75. The highest BCUT2D eigenvalue weighted by Crippen LogP contribution is 2.10. The molecule has 15 heavy (non-hydrogen) atoms. The molecule has 0 bridgehead atoms. The van der Waals surface area contributed by atoms with Crippen LogP contribution in [-0.4, -0.2) is 43.9 Å². The number of morpholine rings is 1. The van der Waals surface area contributed by atoms with E-state index in [4.69, 9.17) is 4.74 Å². The minimum atomic E-state index is 0.836. The van der Waals surface area contributed by atoms with Gasteiger partial charge in [0.1, 0.15) is 19.6 Å². The Morgan fingerprint density at radius 2 is 2.13 bits per heavy atom. The van der Waals surface area contributed by atoms with Crippen LogP contribution >= 0.6 is 0 Å². The third-order valence-electron chi connectivity index (χ3n) is 2.65. The smallest absolute Gasteiger partial charge is 0.141 e. The van der Waals surface area contributed by atoms with Crippen molar-refractivity contribution >= 4 is 0 Å². The SMILES string of the molecule is C=CC[N+]1(CC#CC(=C)C)CCOCC1. The van der Waals surface area contributed by atoms with Crippen LogP contribution < -0.4 is 0 Å². The molecule has 0 unspecified atom stereocenters. The highest BCUT2D eigenvalue weighted by molar-refractivity contribution is 5.23. The molecule has 1 heterocycles. The zero-order valence-corrected chi connectivity index (χ0v) is 9.59. The summed E-state index contributed by atoms with van der Waals surface area (Å²) in [4.78, 5) is 0. The van der Waals surface area contributed by atoms with E-state index in [1.54, 1.807) is 0 Å². The molecule has 1 saturated heterocycles. The van der Waals surface area contributed by atoms with Gasteiger partial charge in [0.2, 0.25) is 0 Å². The van der Waals surface area contributed by atoms with Gasteiger partial charge >= 0.3 is 0 Å². The standard InChI is InChI=1S/C13H20NO/c1-4-7-14(8-5-6-13(2)3)9-11-15-12-10-14/h4H,1-2,7-12H2,3H3/q+1. The third-order valence-corrected chi connectivity index (χ3v) is 2.65. The van der Waals surface area contributed by atoms with Gasteiger partial charge in [-0.1, -0.05) is 19.1 Å². The van der Waals surface area contributed by atoms with Crippen LogP contribution in [0.2, 0.25) is 0 Å². The Labute approximate surface area is 92.8 Å². The van der Waals surface area contributed by atoms with Gasteiger partial charge in [0, 0.05) is 0 Å². The highest BCUT2D eigenvalue weighted by atomic mass is 16.5. The molecule has 1 rings (SSSR count). The maximum Gasteiger partial charge on any atom is 0.141 e. The van der Waals surface area contributed by atoms with Gasteiger partial charge in [-0.05, 0) is 24.5 Å². The summed E-state index contributed by atoms with van der Waals surface area (Å²) in [6.07, 6.45) is 1.98. The molecule has 2 heteroatoms. The number of ether oxygens (including phenoxy) is 1. The lowest BCUT2D eigenvalue weighted by Crippen LogP contribution is -2.55. The average molecular weight is 206 g/mol. The van der Waals surface area contributed by atoms with Crippen molar-refractivity contribution in [3.05, 3.63) is 24.8 Å². The molecule has 0 radical (unpaired) electrons. The lowest BCUT2D eigenvalue weighted by atomic mass is 10.2. The summed E-state index contributed by atoms with van der Waals surface area (Å²) >= 11 is 0. The van der Waals surface area contributed by atoms with Gasteiger partial charge in [0.15, 0.2) is 0 Å². The van der Waals surface area contributed by atoms with Gasteiger partial charge in [0.05, 0.1) is 19.8 Å². The lowest BCUT2D eigenvalue weighted by molar-refractivity contribution is -0.923. The molecule has 0 aromatic rings. The topological polar surface area (TPSA) is 9.23 Å². The van der Waals surface area contributed by atoms with E-state index in [0.717, 1.165) is 49.4 Å². The number of nitrogens with zero attached hydrogens (tertiary/aromatic N) is 1. The average Bonchev–Trinajstić information content (AvgIpc) is 2.19. The van der Waals surface area contributed by atoms with Crippen molar-refractivity contribution in [1.82, 2.24) is 0 Å². The fourth-order valence-electron chi connectivity index (χ4n) is 1.77. The molecule has 0 aromatic heterocycles. The quantitative estimate of drug-likeness (QED) is 0.387. The molecule has 0 N–H and O–H groups in total. The van der Waals surface area contributed by atoms with E-state index >= 15 is 0 Å². The Balaban J connectivity index is 2.60. The van der Waals surface area contributed by atoms with Gasteiger partial charge in [-0.25, -0.2) is 0 Å². The molecule has 1 aliphatic heterocycles. The van der Waals surface area contributed by atoms with E-state index in [9.17, 15) is 0 Å². The van der Waals surface area contributed by atoms with Crippen LogP contribution in [0, 0.1) is 11.8 Å². The summed E-state index contributed by atoms with van der Waals surface area (Å²) < 4.78 is 6.37. The van der Waals surface area contributed by atoms with E-state index < -0.39 is 0 Å². The molecule has 82 valence electrons. The summed E-state index contributed by atoms with van der Waals surface area (Å²) in [5, 5.41) is 0. The first kappa shape index (κ1) is 12.0. The number of rotatable bonds is 3. The number of allylic oxidation sites excluding steroid dienone is 1. The van der Waals surface area contributed by atoms with Gasteiger partial charge in [0.25, 0.3) is 0 Å². The Morgan fingerprint density at radius 3 is 2.67 bits per heavy atom. The highest BCUT2D eigenvalue weighted by Gasteiger charge is 2.27. The Morgan fingerprint density at radius 1 is 1.47 bits per heavy atom. The van der Waals surface area contributed by atoms with E-state index in [1.807, 2.05) is 13.0 Å². The summed E-state index contributed by atoms with van der Waals surface area (Å²) in [5.74, 6) is 6.24. The molecule has 1 aliphatic rings. The zero-order chi connectivity index (χ0) is 11.1. The molecular formula is C13H20NO+. The first-order chi connectivity index (χ1) is 7.18. The van der Waals surface area contributed by atoms with E-state index in [2.05, 4.69) is 25.0 Å². The second-order valence-corrected chi connectivity index (χ2v) is 4.11. The van der Waals surface area contributed by atoms with Crippen molar-refractivity contribution in [2.24, 2.45) is 0 Å². The van der Waals surface area contributed by atoms with E-state index in [0.29, 0.717) is 0 Å². The van der Waals surface area contributed by atoms with E-state index in [-0.39, 0.29) is 0 Å². The molecule has 2 nitrogen and oxygen atoms in total. The van der Waals surface area contributed by atoms with E-state index in [1.165, 1.54) is 0 Å². The lowest BCUT2D eigenvalue weighted by Gasteiger charge is -2.39. The van der Waals surface area contributed by atoms with Crippen LogP contribution in [0.4, 0.5) is 0 Å². The maximum absolute atomic E-state index is 5.38. The maximum atomic E-state index is 5.38. The number of hydrogen-bond acceptors (Lipinski definition) is 1. The third kappa shape index (κ3) is 3.91. The predicted molar refractivity (Wildman–Crippen MR) is 63.3 cm³/mol. The van der Waals surface area contributed by atoms with Gasteiger partial charge in [-0.3, -0.25) is 0 Å². The Bertz CT molecular complexity index is 289. The van der Waals surface area contributed by atoms with Crippen molar-refractivity contribution in [3.63, 3.8) is 0 Å². The molecule has 0 aromatic carbocycles. The monoisotopic (exact) mass is 206 g/mol. The number of quaternary nitrogens is 1. The summed E-state index contributed by atoms with van der Waals surface area (Å²) in [6, 6.07) is 0. The predicted octanol–water partition coefficient (Wildman–Crippen LogP) is 1.60. The molecular weight excluding hydrogens is 186 g/mol. The Kier molecular flexibility index (Phi) is 4.61. The molecule has 1 fully saturated rings. The van der Waals surface area contributed by atoms with Crippen molar-refractivity contribution in [1.29, 1.82) is 0 Å². The number of hydrogen-bond donors (Lipinski definition) is 0. The van der Waals surface area contributed by atoms with Crippen LogP contribution in [0.3, 0.4) is 0 Å². The fraction of sp³-hybridized carbons (Fsp3) is 0.538. The van der Waals surface area contributed by atoms with Crippen molar-refractivity contribution in [2.75, 3.05) is 39.4 Å². The largest absolute Gasteiger partial charge is 0.370 e. The van der Waals surface area contributed by atoms with Gasteiger partial charge < -0.3 is 9.22 Å². The first-order valence-corrected chi connectivity index (χ1v) is 5.37. The van der Waals surface area contributed by atoms with Crippen molar-refractivity contribution < 1.29 is 9.22 Å². The fourth-order valence-corrected chi connectivity index (χ4v) is 1.77. The molecule has 0 amide bonds. The van der Waals surface area contributed by atoms with Crippen LogP contribution in [0.5, 0.6) is 0 Å². The molecule has 0 atom stereocenters. The van der Waals surface area contributed by atoms with Crippen LogP contribution in [0.1, 0.15) is 6.92 Å². The van der Waals surface area contributed by atoms with Crippen LogP contribution in [-0.2, 0) is 4.74 Å². The first-order valence-electron chi connectivity index (χ1n) is 5.37. The van der Waals surface area contributed by atoms with Gasteiger partial charge in [-0.2, -0.15) is 0 Å². The molecule has 0 aliphatic carbocycles. The summed E-state index contributed by atoms with van der Waals surface area (Å²) in [5.41, 5.74) is 0.931. The minimum absolute atomic E-state index is 0.836. The summed E-state index contributed by atoms with van der Waals surface area (Å²) in [6.45, 7) is 15.1. The molecule has 0 saturated carbocycles. The zero-order valence-electron chi connectivity index (χ0n) is 9.59.